The Kier molecular flexibility index (Phi) is 6.95. The van der Waals surface area contributed by atoms with Gasteiger partial charge in [-0.1, -0.05) is 6.07 Å². The molecule has 0 spiro atoms. The van der Waals surface area contributed by atoms with Crippen LogP contribution in [0.15, 0.2) is 29.2 Å². The largest absolute Gasteiger partial charge is 0.383 e. The monoisotopic (exact) mass is 369 g/mol. The van der Waals surface area contributed by atoms with Crippen molar-refractivity contribution in [1.82, 2.24) is 14.5 Å². The van der Waals surface area contributed by atoms with Crippen molar-refractivity contribution >= 4 is 15.9 Å². The van der Waals surface area contributed by atoms with Crippen molar-refractivity contribution in [3.63, 3.8) is 0 Å². The molecular formula is C17H27N3O4S. The van der Waals surface area contributed by atoms with Gasteiger partial charge in [0.15, 0.2) is 0 Å². The summed E-state index contributed by atoms with van der Waals surface area (Å²) >= 11 is 0. The van der Waals surface area contributed by atoms with Crippen LogP contribution in [0.4, 0.5) is 0 Å². The third-order valence-corrected chi connectivity index (χ3v) is 5.78. The number of carbonyl (C=O) groups is 1. The van der Waals surface area contributed by atoms with Crippen LogP contribution in [-0.2, 0) is 14.8 Å². The van der Waals surface area contributed by atoms with Crippen LogP contribution in [-0.4, -0.2) is 76.6 Å². The number of carbonyl (C=O) groups excluding carboxylic acids is 1. The van der Waals surface area contributed by atoms with Gasteiger partial charge in [-0.05, 0) is 32.0 Å². The minimum Gasteiger partial charge on any atom is -0.383 e. The minimum atomic E-state index is -3.65. The van der Waals surface area contributed by atoms with Gasteiger partial charge in [0.2, 0.25) is 10.0 Å². The Bertz CT molecular complexity index is 683. The van der Waals surface area contributed by atoms with Crippen LogP contribution in [0.2, 0.25) is 0 Å². The molecule has 1 fully saturated rings. The molecule has 1 aromatic rings. The quantitative estimate of drug-likeness (QED) is 0.719. The summed E-state index contributed by atoms with van der Waals surface area (Å²) in [4.78, 5) is 16.9. The smallest absolute Gasteiger partial charge is 0.253 e. The lowest BCUT2D eigenvalue weighted by Gasteiger charge is -2.37. The summed E-state index contributed by atoms with van der Waals surface area (Å²) in [7, 11) is -2.14. The summed E-state index contributed by atoms with van der Waals surface area (Å²) in [5.41, 5.74) is 0.396. The van der Waals surface area contributed by atoms with E-state index in [0.717, 1.165) is 13.1 Å². The Morgan fingerprint density at radius 2 is 1.92 bits per heavy atom. The molecule has 0 unspecified atom stereocenters. The van der Waals surface area contributed by atoms with E-state index >= 15 is 0 Å². The lowest BCUT2D eigenvalue weighted by Crippen LogP contribution is -2.50. The number of hydrogen-bond acceptors (Lipinski definition) is 5. The fourth-order valence-electron chi connectivity index (χ4n) is 2.78. The van der Waals surface area contributed by atoms with Crippen molar-refractivity contribution in [3.05, 3.63) is 29.8 Å². The first kappa shape index (κ1) is 19.8. The van der Waals surface area contributed by atoms with Crippen molar-refractivity contribution in [1.29, 1.82) is 0 Å². The maximum absolute atomic E-state index is 12.7. The highest BCUT2D eigenvalue weighted by Crippen LogP contribution is 2.15. The average Bonchev–Trinajstić information content (AvgIpc) is 2.61. The number of methoxy groups -OCH3 is 1. The first-order valence-electron chi connectivity index (χ1n) is 8.47. The van der Waals surface area contributed by atoms with E-state index in [-0.39, 0.29) is 24.0 Å². The van der Waals surface area contributed by atoms with Crippen molar-refractivity contribution < 1.29 is 17.9 Å². The first-order valence-corrected chi connectivity index (χ1v) is 9.95. The molecule has 0 saturated carbocycles. The van der Waals surface area contributed by atoms with E-state index in [0.29, 0.717) is 24.7 Å². The molecule has 0 aromatic heterocycles. The second-order valence-electron chi connectivity index (χ2n) is 6.34. The molecule has 1 heterocycles. The fraction of sp³-hybridized carbons (Fsp3) is 0.588. The molecule has 1 aliphatic heterocycles. The van der Waals surface area contributed by atoms with Gasteiger partial charge < -0.3 is 9.64 Å². The molecular weight excluding hydrogens is 342 g/mol. The second-order valence-corrected chi connectivity index (χ2v) is 8.11. The molecule has 1 saturated heterocycles. The molecule has 0 radical (unpaired) electrons. The second kappa shape index (κ2) is 8.75. The highest BCUT2D eigenvalue weighted by atomic mass is 32.2. The zero-order chi connectivity index (χ0) is 18.4. The Morgan fingerprint density at radius 3 is 2.52 bits per heavy atom. The van der Waals surface area contributed by atoms with Gasteiger partial charge in [0.05, 0.1) is 11.5 Å². The fourth-order valence-corrected chi connectivity index (χ4v) is 3.84. The van der Waals surface area contributed by atoms with Gasteiger partial charge in [0.1, 0.15) is 0 Å². The lowest BCUT2D eigenvalue weighted by atomic mass is 10.1. The van der Waals surface area contributed by atoms with E-state index in [4.69, 9.17) is 4.74 Å². The number of ether oxygens (including phenoxy) is 1. The van der Waals surface area contributed by atoms with Gasteiger partial charge >= 0.3 is 0 Å². The predicted molar refractivity (Wildman–Crippen MR) is 96.1 cm³/mol. The molecule has 7 nitrogen and oxygen atoms in total. The molecule has 140 valence electrons. The van der Waals surface area contributed by atoms with E-state index < -0.39 is 10.0 Å². The van der Waals surface area contributed by atoms with Crippen molar-refractivity contribution in [2.45, 2.75) is 24.8 Å². The number of hydrogen-bond donors (Lipinski definition) is 1. The van der Waals surface area contributed by atoms with Crippen LogP contribution in [0.25, 0.3) is 0 Å². The zero-order valence-corrected chi connectivity index (χ0v) is 15.9. The molecule has 1 N–H and O–H groups in total. The minimum absolute atomic E-state index is 0.0928. The molecule has 1 amide bonds. The van der Waals surface area contributed by atoms with Crippen molar-refractivity contribution in [3.8, 4) is 0 Å². The predicted octanol–water partition coefficient (Wildman–Crippen LogP) is 0.778. The maximum Gasteiger partial charge on any atom is 0.253 e. The Morgan fingerprint density at radius 1 is 1.24 bits per heavy atom. The number of nitrogens with one attached hydrogen (secondary N) is 1. The summed E-state index contributed by atoms with van der Waals surface area (Å²) in [6.07, 6.45) is 0. The summed E-state index contributed by atoms with van der Waals surface area (Å²) in [6, 6.07) is 6.65. The number of benzene rings is 1. The summed E-state index contributed by atoms with van der Waals surface area (Å²) in [5, 5.41) is 0. The lowest BCUT2D eigenvalue weighted by molar-refractivity contribution is 0.0595. The van der Waals surface area contributed by atoms with Crippen LogP contribution in [0.3, 0.4) is 0 Å². The topological polar surface area (TPSA) is 78.9 Å². The summed E-state index contributed by atoms with van der Waals surface area (Å²) < 4.78 is 31.9. The van der Waals surface area contributed by atoms with Crippen LogP contribution >= 0.6 is 0 Å². The molecule has 1 aromatic carbocycles. The molecule has 0 aliphatic carbocycles. The van der Waals surface area contributed by atoms with E-state index in [1.54, 1.807) is 17.0 Å². The summed E-state index contributed by atoms with van der Waals surface area (Å²) in [6.45, 7) is 7.73. The summed E-state index contributed by atoms with van der Waals surface area (Å²) in [5.74, 6) is -0.127. The van der Waals surface area contributed by atoms with Crippen molar-refractivity contribution in [2.24, 2.45) is 0 Å². The average molecular weight is 369 g/mol. The Balaban J connectivity index is 2.07. The molecule has 0 bridgehead atoms. The van der Waals surface area contributed by atoms with Crippen LogP contribution in [0, 0.1) is 0 Å². The van der Waals surface area contributed by atoms with Gasteiger partial charge in [-0.2, -0.15) is 0 Å². The van der Waals surface area contributed by atoms with E-state index in [1.165, 1.54) is 19.2 Å². The number of sulfonamides is 1. The number of nitrogens with zero attached hydrogens (tertiary/aromatic N) is 2. The Hall–Kier alpha value is -1.48. The van der Waals surface area contributed by atoms with Gasteiger partial charge in [0, 0.05) is 51.4 Å². The first-order chi connectivity index (χ1) is 11.8. The van der Waals surface area contributed by atoms with E-state index in [9.17, 15) is 13.2 Å². The van der Waals surface area contributed by atoms with Gasteiger partial charge in [-0.3, -0.25) is 9.69 Å². The highest BCUT2D eigenvalue weighted by Gasteiger charge is 2.24. The number of piperazine rings is 1. The SMILES string of the molecule is COCCNS(=O)(=O)c1cccc(C(=O)N2CCN(C(C)C)CC2)c1. The number of rotatable bonds is 7. The zero-order valence-electron chi connectivity index (χ0n) is 15.1. The van der Waals surface area contributed by atoms with Crippen LogP contribution in [0.1, 0.15) is 24.2 Å². The highest BCUT2D eigenvalue weighted by molar-refractivity contribution is 7.89. The molecule has 25 heavy (non-hydrogen) atoms. The molecule has 8 heteroatoms. The normalized spacial score (nSPS) is 16.4. The third-order valence-electron chi connectivity index (χ3n) is 4.32. The molecule has 0 atom stereocenters. The third kappa shape index (κ3) is 5.24. The van der Waals surface area contributed by atoms with Gasteiger partial charge in [-0.25, -0.2) is 13.1 Å². The van der Waals surface area contributed by atoms with E-state index in [1.807, 2.05) is 0 Å². The van der Waals surface area contributed by atoms with Crippen molar-refractivity contribution in [2.75, 3.05) is 46.4 Å². The van der Waals surface area contributed by atoms with Crippen LogP contribution < -0.4 is 4.72 Å². The Labute approximate surface area is 150 Å². The maximum atomic E-state index is 12.7. The molecule has 1 aliphatic rings. The standard InChI is InChI=1S/C17H27N3O4S/c1-14(2)19-8-10-20(11-9-19)17(21)15-5-4-6-16(13-15)25(22,23)18-7-12-24-3/h4-6,13-14,18H,7-12H2,1-3H3. The number of amides is 1. The van der Waals surface area contributed by atoms with Gasteiger partial charge in [0.25, 0.3) is 5.91 Å². The van der Waals surface area contributed by atoms with E-state index in [2.05, 4.69) is 23.5 Å². The van der Waals surface area contributed by atoms with Crippen LogP contribution in [0.5, 0.6) is 0 Å². The van der Waals surface area contributed by atoms with Gasteiger partial charge in [-0.15, -0.1) is 0 Å². The molecule has 2 rings (SSSR count).